The molecule has 0 fully saturated rings. The van der Waals surface area contributed by atoms with Crippen LogP contribution in [0, 0.1) is 0 Å². The van der Waals surface area contributed by atoms with Gasteiger partial charge in [-0.05, 0) is 35.0 Å². The molecule has 0 saturated heterocycles. The molecule has 0 radical (unpaired) electrons. The third-order valence-corrected chi connectivity index (χ3v) is 3.14. The smallest absolute Gasteiger partial charge is 0.244 e. The molecule has 0 aliphatic heterocycles. The number of amides is 2. The second kappa shape index (κ2) is 7.25. The number of carbonyl (C=O) groups excluding carboxylic acids is 2. The monoisotopic (exact) mass is 327 g/mol. The lowest BCUT2D eigenvalue weighted by atomic mass is 10.2. The minimum Gasteiger partial charge on any atom is -0.336 e. The van der Waals surface area contributed by atoms with Gasteiger partial charge in [-0.15, -0.1) is 0 Å². The predicted octanol–water partition coefficient (Wildman–Crippen LogP) is 1.58. The van der Waals surface area contributed by atoms with E-state index in [4.69, 9.17) is 5.73 Å². The summed E-state index contributed by atoms with van der Waals surface area (Å²) in [5.74, 6) is -0.385. The van der Waals surface area contributed by atoms with Crippen molar-refractivity contribution in [3.63, 3.8) is 0 Å². The fourth-order valence-electron chi connectivity index (χ4n) is 1.49. The first-order valence-electron chi connectivity index (χ1n) is 5.94. The quantitative estimate of drug-likeness (QED) is 0.862. The van der Waals surface area contributed by atoms with Gasteiger partial charge in [0.25, 0.3) is 0 Å². The Bertz CT molecular complexity index is 463. The SMILES string of the molecule is CC(N)CC(=O)N(C)CC(=O)Nc1ccccc1Br. The summed E-state index contributed by atoms with van der Waals surface area (Å²) in [5.41, 5.74) is 6.23. The Morgan fingerprint density at radius 1 is 1.42 bits per heavy atom. The maximum Gasteiger partial charge on any atom is 0.244 e. The molecule has 0 saturated carbocycles. The van der Waals surface area contributed by atoms with Gasteiger partial charge in [0.2, 0.25) is 11.8 Å². The number of nitrogens with two attached hydrogens (primary N) is 1. The third kappa shape index (κ3) is 5.40. The lowest BCUT2D eigenvalue weighted by Crippen LogP contribution is -2.37. The van der Waals surface area contributed by atoms with E-state index in [9.17, 15) is 9.59 Å². The highest BCUT2D eigenvalue weighted by atomic mass is 79.9. The molecule has 1 atom stereocenters. The van der Waals surface area contributed by atoms with Crippen LogP contribution in [0.4, 0.5) is 5.69 Å². The number of carbonyl (C=O) groups is 2. The second-order valence-electron chi connectivity index (χ2n) is 4.46. The van der Waals surface area contributed by atoms with Gasteiger partial charge in [-0.1, -0.05) is 12.1 Å². The molecule has 0 bridgehead atoms. The summed E-state index contributed by atoms with van der Waals surface area (Å²) in [5, 5.41) is 2.74. The number of anilines is 1. The van der Waals surface area contributed by atoms with Crippen molar-refractivity contribution in [3.8, 4) is 0 Å². The fourth-order valence-corrected chi connectivity index (χ4v) is 1.87. The molecule has 0 aromatic heterocycles. The van der Waals surface area contributed by atoms with Crippen molar-refractivity contribution in [2.45, 2.75) is 19.4 Å². The topological polar surface area (TPSA) is 75.4 Å². The summed E-state index contributed by atoms with van der Waals surface area (Å²) < 4.78 is 0.799. The number of hydrogen-bond donors (Lipinski definition) is 2. The Morgan fingerprint density at radius 3 is 2.63 bits per heavy atom. The maximum absolute atomic E-state index is 11.8. The van der Waals surface area contributed by atoms with Crippen LogP contribution in [-0.4, -0.2) is 36.3 Å². The van der Waals surface area contributed by atoms with Gasteiger partial charge in [-0.25, -0.2) is 0 Å². The Labute approximate surface area is 121 Å². The first-order valence-corrected chi connectivity index (χ1v) is 6.73. The minimum absolute atomic E-state index is 0.00683. The number of nitrogens with one attached hydrogen (secondary N) is 1. The number of halogens is 1. The van der Waals surface area contributed by atoms with E-state index in [0.717, 1.165) is 4.47 Å². The van der Waals surface area contributed by atoms with Crippen LogP contribution in [0.2, 0.25) is 0 Å². The number of benzene rings is 1. The summed E-state index contributed by atoms with van der Waals surface area (Å²) in [6.07, 6.45) is 0.235. The van der Waals surface area contributed by atoms with Crippen molar-refractivity contribution >= 4 is 33.4 Å². The molecule has 1 unspecified atom stereocenters. The average molecular weight is 328 g/mol. The summed E-state index contributed by atoms with van der Waals surface area (Å²) in [6, 6.07) is 7.09. The number of likely N-dealkylation sites (N-methyl/N-ethyl adjacent to an activating group) is 1. The van der Waals surface area contributed by atoms with Gasteiger partial charge in [0, 0.05) is 24.0 Å². The highest BCUT2D eigenvalue weighted by Crippen LogP contribution is 2.20. The van der Waals surface area contributed by atoms with E-state index in [0.29, 0.717) is 5.69 Å². The Balaban J connectivity index is 2.52. The average Bonchev–Trinajstić information content (AvgIpc) is 2.31. The summed E-state index contributed by atoms with van der Waals surface area (Å²) in [4.78, 5) is 24.8. The lowest BCUT2D eigenvalue weighted by molar-refractivity contribution is -0.133. The van der Waals surface area contributed by atoms with E-state index < -0.39 is 0 Å². The van der Waals surface area contributed by atoms with Crippen molar-refractivity contribution < 1.29 is 9.59 Å². The molecule has 1 aromatic carbocycles. The minimum atomic E-state index is -0.243. The normalized spacial score (nSPS) is 11.8. The van der Waals surface area contributed by atoms with Gasteiger partial charge in [-0.2, -0.15) is 0 Å². The van der Waals surface area contributed by atoms with Crippen molar-refractivity contribution in [3.05, 3.63) is 28.7 Å². The van der Waals surface area contributed by atoms with E-state index in [1.54, 1.807) is 20.0 Å². The third-order valence-electron chi connectivity index (χ3n) is 2.45. The molecular weight excluding hydrogens is 310 g/mol. The highest BCUT2D eigenvalue weighted by molar-refractivity contribution is 9.10. The molecule has 1 aromatic rings. The fraction of sp³-hybridized carbons (Fsp3) is 0.385. The molecule has 0 aliphatic rings. The highest BCUT2D eigenvalue weighted by Gasteiger charge is 2.14. The summed E-state index contributed by atoms with van der Waals surface area (Å²) >= 11 is 3.34. The first-order chi connectivity index (χ1) is 8.90. The molecule has 0 spiro atoms. The van der Waals surface area contributed by atoms with Crippen LogP contribution >= 0.6 is 15.9 Å². The van der Waals surface area contributed by atoms with E-state index >= 15 is 0 Å². The zero-order valence-corrected chi connectivity index (χ0v) is 12.6. The zero-order valence-electron chi connectivity index (χ0n) is 11.0. The van der Waals surface area contributed by atoms with E-state index in [2.05, 4.69) is 21.2 Å². The molecule has 104 valence electrons. The van der Waals surface area contributed by atoms with Crippen LogP contribution in [0.1, 0.15) is 13.3 Å². The van der Waals surface area contributed by atoms with Gasteiger partial charge in [0.1, 0.15) is 0 Å². The number of hydrogen-bond acceptors (Lipinski definition) is 3. The molecule has 19 heavy (non-hydrogen) atoms. The van der Waals surface area contributed by atoms with Gasteiger partial charge >= 0.3 is 0 Å². The number of rotatable bonds is 5. The van der Waals surface area contributed by atoms with E-state index in [-0.39, 0.29) is 30.8 Å². The summed E-state index contributed by atoms with van der Waals surface area (Å²) in [6.45, 7) is 1.76. The molecule has 3 N–H and O–H groups in total. The van der Waals surface area contributed by atoms with Crippen molar-refractivity contribution in [2.75, 3.05) is 18.9 Å². The second-order valence-corrected chi connectivity index (χ2v) is 5.31. The zero-order chi connectivity index (χ0) is 14.4. The molecule has 5 nitrogen and oxygen atoms in total. The van der Waals surface area contributed by atoms with Crippen molar-refractivity contribution in [1.82, 2.24) is 4.90 Å². The standard InChI is InChI=1S/C13H18BrN3O2/c1-9(15)7-13(19)17(2)8-12(18)16-11-6-4-3-5-10(11)14/h3-6,9H,7-8,15H2,1-2H3,(H,16,18). The van der Waals surface area contributed by atoms with Crippen LogP contribution in [0.3, 0.4) is 0 Å². The van der Waals surface area contributed by atoms with Crippen LogP contribution in [0.5, 0.6) is 0 Å². The van der Waals surface area contributed by atoms with Crippen LogP contribution < -0.4 is 11.1 Å². The lowest BCUT2D eigenvalue weighted by Gasteiger charge is -2.18. The molecule has 6 heteroatoms. The Morgan fingerprint density at radius 2 is 2.05 bits per heavy atom. The molecule has 0 heterocycles. The Kier molecular flexibility index (Phi) is 5.98. The van der Waals surface area contributed by atoms with Crippen molar-refractivity contribution in [1.29, 1.82) is 0 Å². The van der Waals surface area contributed by atoms with Gasteiger partial charge < -0.3 is 16.0 Å². The van der Waals surface area contributed by atoms with Gasteiger partial charge in [-0.3, -0.25) is 9.59 Å². The van der Waals surface area contributed by atoms with Crippen LogP contribution in [0.15, 0.2) is 28.7 Å². The molecule has 2 amide bonds. The summed E-state index contributed by atoms with van der Waals surface area (Å²) in [7, 11) is 1.59. The maximum atomic E-state index is 11.8. The van der Waals surface area contributed by atoms with Gasteiger partial charge in [0.05, 0.1) is 12.2 Å². The first kappa shape index (κ1) is 15.7. The Hall–Kier alpha value is -1.40. The molecule has 0 aliphatic carbocycles. The van der Waals surface area contributed by atoms with Crippen LogP contribution in [-0.2, 0) is 9.59 Å². The molecular formula is C13H18BrN3O2. The van der Waals surface area contributed by atoms with E-state index in [1.807, 2.05) is 18.2 Å². The number of para-hydroxylation sites is 1. The molecule has 1 rings (SSSR count). The largest absolute Gasteiger partial charge is 0.336 e. The van der Waals surface area contributed by atoms with Crippen molar-refractivity contribution in [2.24, 2.45) is 5.73 Å². The van der Waals surface area contributed by atoms with Crippen LogP contribution in [0.25, 0.3) is 0 Å². The number of nitrogens with zero attached hydrogens (tertiary/aromatic N) is 1. The predicted molar refractivity (Wildman–Crippen MR) is 78.7 cm³/mol. The van der Waals surface area contributed by atoms with Gasteiger partial charge in [0.15, 0.2) is 0 Å². The van der Waals surface area contributed by atoms with E-state index in [1.165, 1.54) is 4.90 Å².